The lowest BCUT2D eigenvalue weighted by Crippen LogP contribution is -2.33. The number of ether oxygens (including phenoxy) is 1. The summed E-state index contributed by atoms with van der Waals surface area (Å²) in [6.45, 7) is 3.23. The van der Waals surface area contributed by atoms with Gasteiger partial charge >= 0.3 is 5.97 Å². The number of aromatic nitrogens is 2. The van der Waals surface area contributed by atoms with Crippen molar-refractivity contribution in [1.29, 1.82) is 0 Å². The van der Waals surface area contributed by atoms with Gasteiger partial charge < -0.3 is 10.1 Å². The molecule has 8 nitrogen and oxygen atoms in total. The zero-order valence-electron chi connectivity index (χ0n) is 16.8. The van der Waals surface area contributed by atoms with Crippen LogP contribution in [0, 0.1) is 0 Å². The Balaban J connectivity index is 1.58. The van der Waals surface area contributed by atoms with Gasteiger partial charge in [-0.25, -0.2) is 4.68 Å². The predicted molar refractivity (Wildman–Crippen MR) is 114 cm³/mol. The lowest BCUT2D eigenvalue weighted by molar-refractivity contribution is -0.148. The average molecular weight is 409 g/mol. The summed E-state index contributed by atoms with van der Waals surface area (Å²) in [5.41, 5.74) is 0.763. The van der Waals surface area contributed by atoms with Crippen LogP contribution in [0.4, 0.5) is 5.69 Å². The Labute approximate surface area is 172 Å². The molecule has 0 bridgehead atoms. The molecule has 1 atom stereocenters. The van der Waals surface area contributed by atoms with Gasteiger partial charge in [0.1, 0.15) is 6.54 Å². The summed E-state index contributed by atoms with van der Waals surface area (Å²) < 4.78 is 5.81. The highest BCUT2D eigenvalue weighted by Gasteiger charge is 2.13. The number of nitrogens with zero attached hydrogens (tertiary/aromatic N) is 1. The van der Waals surface area contributed by atoms with Crippen LogP contribution in [-0.4, -0.2) is 28.3 Å². The highest BCUT2D eigenvalue weighted by atomic mass is 16.5. The van der Waals surface area contributed by atoms with E-state index in [1.54, 1.807) is 24.3 Å². The number of amides is 1. The third-order valence-corrected chi connectivity index (χ3v) is 4.91. The van der Waals surface area contributed by atoms with Crippen molar-refractivity contribution >= 4 is 28.3 Å². The van der Waals surface area contributed by atoms with Crippen molar-refractivity contribution in [3.63, 3.8) is 0 Å². The molecule has 156 valence electrons. The fourth-order valence-electron chi connectivity index (χ4n) is 3.01. The van der Waals surface area contributed by atoms with Crippen LogP contribution in [0.5, 0.6) is 0 Å². The molecule has 1 heterocycles. The van der Waals surface area contributed by atoms with Crippen molar-refractivity contribution in [1.82, 2.24) is 9.78 Å². The summed E-state index contributed by atoms with van der Waals surface area (Å²) in [6, 6.07) is 13.8. The van der Waals surface area contributed by atoms with Crippen LogP contribution in [0.1, 0.15) is 31.7 Å². The molecule has 0 aliphatic carbocycles. The Bertz CT molecular complexity index is 1180. The molecule has 0 saturated heterocycles. The summed E-state index contributed by atoms with van der Waals surface area (Å²) in [7, 11) is 0. The van der Waals surface area contributed by atoms with E-state index in [1.807, 2.05) is 12.1 Å². The van der Waals surface area contributed by atoms with Crippen molar-refractivity contribution in [3.05, 3.63) is 74.8 Å². The fraction of sp³-hybridized carbons (Fsp3) is 0.273. The van der Waals surface area contributed by atoms with Gasteiger partial charge in [-0.15, -0.1) is 0 Å². The Kier molecular flexibility index (Phi) is 6.46. The lowest BCUT2D eigenvalue weighted by Gasteiger charge is -2.11. The fourth-order valence-corrected chi connectivity index (χ4v) is 3.01. The monoisotopic (exact) mass is 409 g/mol. The van der Waals surface area contributed by atoms with E-state index in [9.17, 15) is 19.2 Å². The van der Waals surface area contributed by atoms with Gasteiger partial charge in [0.05, 0.1) is 10.8 Å². The van der Waals surface area contributed by atoms with Crippen molar-refractivity contribution < 1.29 is 14.3 Å². The zero-order valence-corrected chi connectivity index (χ0v) is 16.8. The first-order chi connectivity index (χ1) is 14.4. The van der Waals surface area contributed by atoms with Gasteiger partial charge in [0, 0.05) is 5.69 Å². The molecule has 8 heteroatoms. The molecule has 3 aromatic rings. The minimum absolute atomic E-state index is 0.202. The van der Waals surface area contributed by atoms with Crippen LogP contribution in [0.25, 0.3) is 10.8 Å². The Morgan fingerprint density at radius 3 is 2.40 bits per heavy atom. The number of carbonyl (C=O) groups excluding carboxylic acids is 2. The summed E-state index contributed by atoms with van der Waals surface area (Å²) in [5.74, 6) is -0.884. The van der Waals surface area contributed by atoms with Crippen LogP contribution in [-0.2, 0) is 20.9 Å². The van der Waals surface area contributed by atoms with Crippen LogP contribution in [0.2, 0.25) is 0 Å². The van der Waals surface area contributed by atoms with E-state index in [0.717, 1.165) is 11.1 Å². The molecular formula is C22H23N3O5. The number of fused-ring (bicyclic) bond motifs is 1. The molecule has 1 aromatic heterocycles. The number of nitrogens with one attached hydrogen (secondary N) is 2. The van der Waals surface area contributed by atoms with Gasteiger partial charge in [0.2, 0.25) is 0 Å². The summed E-state index contributed by atoms with van der Waals surface area (Å²) in [5, 5.41) is 5.43. The van der Waals surface area contributed by atoms with Crippen LogP contribution in [0.15, 0.2) is 58.1 Å². The number of esters is 1. The first-order valence-corrected chi connectivity index (χ1v) is 9.66. The van der Waals surface area contributed by atoms with E-state index in [1.165, 1.54) is 17.7 Å². The number of hydrogen-bond acceptors (Lipinski definition) is 5. The SMILES string of the molecule is CCC(C)c1ccc(NC(=O)COC(=O)Cn2[nH]c(=O)c3ccccc3c2=O)cc1. The van der Waals surface area contributed by atoms with Gasteiger partial charge in [0.25, 0.3) is 17.0 Å². The van der Waals surface area contributed by atoms with Gasteiger partial charge in [-0.05, 0) is 42.2 Å². The van der Waals surface area contributed by atoms with Crippen LogP contribution in [0.3, 0.4) is 0 Å². The van der Waals surface area contributed by atoms with Crippen LogP contribution < -0.4 is 16.4 Å². The van der Waals surface area contributed by atoms with Gasteiger partial charge in [0.15, 0.2) is 6.61 Å². The molecule has 0 radical (unpaired) electrons. The standard InChI is InChI=1S/C22H23N3O5/c1-3-14(2)15-8-10-16(11-9-15)23-19(26)13-30-20(27)12-25-22(29)18-7-5-4-6-17(18)21(28)24-25/h4-11,14H,3,12-13H2,1-2H3,(H,23,26)(H,24,28). The quantitative estimate of drug-likeness (QED) is 0.582. The molecule has 3 rings (SSSR count). The minimum atomic E-state index is -0.815. The third-order valence-electron chi connectivity index (χ3n) is 4.91. The molecule has 0 aliphatic heterocycles. The number of benzene rings is 2. The number of anilines is 1. The number of hydrogen-bond donors (Lipinski definition) is 2. The van der Waals surface area contributed by atoms with Crippen molar-refractivity contribution in [3.8, 4) is 0 Å². The third kappa shape index (κ3) is 4.83. The van der Waals surface area contributed by atoms with E-state index < -0.39 is 36.1 Å². The number of rotatable bonds is 7. The molecule has 2 N–H and O–H groups in total. The number of H-pyrrole nitrogens is 1. The van der Waals surface area contributed by atoms with E-state index in [-0.39, 0.29) is 10.8 Å². The zero-order chi connectivity index (χ0) is 21.7. The van der Waals surface area contributed by atoms with Crippen LogP contribution >= 0.6 is 0 Å². The lowest BCUT2D eigenvalue weighted by atomic mass is 9.99. The number of carbonyl (C=O) groups is 2. The predicted octanol–water partition coefficient (Wildman–Crippen LogP) is 2.39. The smallest absolute Gasteiger partial charge is 0.328 e. The molecule has 0 fully saturated rings. The second kappa shape index (κ2) is 9.21. The average Bonchev–Trinajstić information content (AvgIpc) is 2.76. The maximum absolute atomic E-state index is 12.4. The largest absolute Gasteiger partial charge is 0.454 e. The molecule has 1 unspecified atom stereocenters. The van der Waals surface area contributed by atoms with E-state index in [0.29, 0.717) is 11.6 Å². The normalized spacial score (nSPS) is 11.8. The summed E-state index contributed by atoms with van der Waals surface area (Å²) >= 11 is 0. The summed E-state index contributed by atoms with van der Waals surface area (Å²) in [6.07, 6.45) is 1.02. The van der Waals surface area contributed by atoms with Gasteiger partial charge in [-0.3, -0.25) is 24.3 Å². The molecular weight excluding hydrogens is 386 g/mol. The van der Waals surface area contributed by atoms with Crippen molar-refractivity contribution in [2.75, 3.05) is 11.9 Å². The topological polar surface area (TPSA) is 110 Å². The minimum Gasteiger partial charge on any atom is -0.454 e. The van der Waals surface area contributed by atoms with E-state index >= 15 is 0 Å². The Hall–Kier alpha value is -3.68. The highest BCUT2D eigenvalue weighted by molar-refractivity contribution is 5.92. The maximum atomic E-state index is 12.4. The Morgan fingerprint density at radius 1 is 1.07 bits per heavy atom. The highest BCUT2D eigenvalue weighted by Crippen LogP contribution is 2.20. The molecule has 0 aliphatic rings. The van der Waals surface area contributed by atoms with Gasteiger partial charge in [-0.2, -0.15) is 0 Å². The van der Waals surface area contributed by atoms with Crippen molar-refractivity contribution in [2.45, 2.75) is 32.7 Å². The molecule has 30 heavy (non-hydrogen) atoms. The maximum Gasteiger partial charge on any atom is 0.328 e. The van der Waals surface area contributed by atoms with Crippen molar-refractivity contribution in [2.24, 2.45) is 0 Å². The van der Waals surface area contributed by atoms with Gasteiger partial charge in [-0.1, -0.05) is 38.1 Å². The molecule has 0 saturated carbocycles. The first kappa shape index (κ1) is 21.0. The molecule has 0 spiro atoms. The molecule has 1 amide bonds. The summed E-state index contributed by atoms with van der Waals surface area (Å²) in [4.78, 5) is 48.5. The number of aromatic amines is 1. The van der Waals surface area contributed by atoms with E-state index in [4.69, 9.17) is 4.74 Å². The van der Waals surface area contributed by atoms with E-state index in [2.05, 4.69) is 24.3 Å². The second-order valence-electron chi connectivity index (χ2n) is 7.02. The Morgan fingerprint density at radius 2 is 1.73 bits per heavy atom. The second-order valence-corrected chi connectivity index (χ2v) is 7.02. The molecule has 2 aromatic carbocycles. The first-order valence-electron chi connectivity index (χ1n) is 9.66.